The zero-order valence-corrected chi connectivity index (χ0v) is 23.9. The predicted octanol–water partition coefficient (Wildman–Crippen LogP) is 5.16. The second-order valence-corrected chi connectivity index (χ2v) is 12.2. The molecule has 6 atom stereocenters. The van der Waals surface area contributed by atoms with Crippen molar-refractivity contribution in [2.75, 3.05) is 6.54 Å². The lowest BCUT2D eigenvalue weighted by atomic mass is 9.63. The maximum atomic E-state index is 13.8. The molecule has 3 fully saturated rings. The first-order valence-corrected chi connectivity index (χ1v) is 14.6. The van der Waals surface area contributed by atoms with Crippen LogP contribution in [-0.2, 0) is 9.59 Å². The topological polar surface area (TPSA) is 101 Å². The summed E-state index contributed by atoms with van der Waals surface area (Å²) in [6, 6.07) is 19.0. The van der Waals surface area contributed by atoms with Crippen LogP contribution in [0.15, 0.2) is 84.9 Å². The summed E-state index contributed by atoms with van der Waals surface area (Å²) in [5.74, 6) is -2.62. The molecule has 2 bridgehead atoms. The van der Waals surface area contributed by atoms with E-state index in [0.717, 1.165) is 22.0 Å². The summed E-state index contributed by atoms with van der Waals surface area (Å²) in [6.45, 7) is 1.39. The molecule has 1 heterocycles. The molecule has 0 radical (unpaired) electrons. The number of rotatable bonds is 7. The lowest BCUT2D eigenvalue weighted by Gasteiger charge is -2.37. The van der Waals surface area contributed by atoms with Crippen molar-refractivity contribution in [2.24, 2.45) is 35.5 Å². The highest BCUT2D eigenvalue weighted by Crippen LogP contribution is 2.65. The average molecular weight is 595 g/mol. The third kappa shape index (κ3) is 4.66. The third-order valence-electron chi connectivity index (χ3n) is 9.17. The number of amides is 3. The van der Waals surface area contributed by atoms with Crippen molar-refractivity contribution in [1.82, 2.24) is 10.0 Å². The lowest BCUT2D eigenvalue weighted by molar-refractivity contribution is -0.154. The van der Waals surface area contributed by atoms with E-state index in [1.807, 2.05) is 19.1 Å². The minimum absolute atomic E-state index is 0.0280. The molecule has 3 amide bonds. The number of ether oxygens (including phenoxy) is 1. The highest BCUT2D eigenvalue weighted by Gasteiger charge is 2.68. The quantitative estimate of drug-likeness (QED) is 0.123. The van der Waals surface area contributed by atoms with Crippen LogP contribution in [0.25, 0.3) is 0 Å². The fraction of sp³-hybridized carbons (Fsp3) is 0.265. The number of halogens is 1. The first kappa shape index (κ1) is 27.3. The molecule has 0 spiro atoms. The fourth-order valence-corrected chi connectivity index (χ4v) is 7.07. The molecular formula is C34H27ClN2O6. The number of nitrogens with zero attached hydrogens (tertiary/aromatic N) is 2. The lowest BCUT2D eigenvalue weighted by Crippen LogP contribution is -2.52. The van der Waals surface area contributed by atoms with Crippen LogP contribution in [0, 0.1) is 42.4 Å². The summed E-state index contributed by atoms with van der Waals surface area (Å²) in [5.41, 5.74) is 1.82. The van der Waals surface area contributed by atoms with Gasteiger partial charge in [0.2, 0.25) is 0 Å². The number of hydrogen-bond acceptors (Lipinski definition) is 6. The van der Waals surface area contributed by atoms with Gasteiger partial charge in [-0.3, -0.25) is 19.2 Å². The summed E-state index contributed by atoms with van der Waals surface area (Å²) < 4.78 is 5.43. The molecule has 43 heavy (non-hydrogen) atoms. The van der Waals surface area contributed by atoms with E-state index in [9.17, 15) is 24.0 Å². The van der Waals surface area contributed by atoms with Crippen LogP contribution in [0.3, 0.4) is 0 Å². The average Bonchev–Trinajstić information content (AvgIpc) is 3.79. The summed E-state index contributed by atoms with van der Waals surface area (Å²) in [7, 11) is 0. The Balaban J connectivity index is 1.13. The first-order valence-electron chi connectivity index (χ1n) is 14.3. The number of hydrogen-bond donors (Lipinski definition) is 0. The number of allylic oxidation sites excluding steroid dienone is 2. The molecule has 216 valence electrons. The number of ketones is 1. The number of carbonyl (C=O) groups excluding carboxylic acids is 5. The number of carbonyl (C=O) groups is 5. The molecule has 0 unspecified atom stereocenters. The highest BCUT2D eigenvalue weighted by molar-refractivity contribution is 6.30. The van der Waals surface area contributed by atoms with E-state index in [0.29, 0.717) is 22.4 Å². The van der Waals surface area contributed by atoms with Gasteiger partial charge in [-0.2, -0.15) is 5.01 Å². The van der Waals surface area contributed by atoms with Crippen molar-refractivity contribution in [1.29, 1.82) is 0 Å². The van der Waals surface area contributed by atoms with Crippen LogP contribution in [0.1, 0.15) is 43.1 Å². The summed E-state index contributed by atoms with van der Waals surface area (Å²) >= 11 is 6.02. The van der Waals surface area contributed by atoms with Crippen molar-refractivity contribution >= 4 is 41.1 Å². The standard InChI is InChI=1S/C34H27ClN2O6/c1-18-2-4-21(5-3-18)34(42)43-23-12-8-19(9-13-23)28(38)17-36(31(39)20-6-10-22(35)11-7-20)37-32(40)29-24-14-15-25(27-16-26(24)27)30(29)33(37)41/h2-15,24-27,29-30H,16-17H2,1H3/t24-,25-,26-,27-,29-,30+/m0/s1. The molecule has 0 N–H and O–H groups in total. The monoisotopic (exact) mass is 594 g/mol. The van der Waals surface area contributed by atoms with Crippen molar-refractivity contribution < 1.29 is 28.7 Å². The molecule has 3 aromatic rings. The van der Waals surface area contributed by atoms with Crippen LogP contribution >= 0.6 is 11.6 Å². The molecule has 8 rings (SSSR count). The Morgan fingerprint density at radius 3 is 1.91 bits per heavy atom. The summed E-state index contributed by atoms with van der Waals surface area (Å²) in [6.07, 6.45) is 5.12. The minimum Gasteiger partial charge on any atom is -0.423 e. The van der Waals surface area contributed by atoms with Gasteiger partial charge in [0.05, 0.1) is 17.4 Å². The molecule has 3 aromatic carbocycles. The normalized spacial score (nSPS) is 26.1. The molecule has 0 aromatic heterocycles. The minimum atomic E-state index is -0.653. The predicted molar refractivity (Wildman–Crippen MR) is 156 cm³/mol. The van der Waals surface area contributed by atoms with E-state index in [2.05, 4.69) is 12.2 Å². The Morgan fingerprint density at radius 1 is 0.791 bits per heavy atom. The van der Waals surface area contributed by atoms with Crippen molar-refractivity contribution in [3.8, 4) is 5.75 Å². The van der Waals surface area contributed by atoms with Crippen LogP contribution in [0.2, 0.25) is 5.02 Å². The molecule has 4 aliphatic carbocycles. The number of imide groups is 1. The van der Waals surface area contributed by atoms with Gasteiger partial charge in [0, 0.05) is 16.1 Å². The van der Waals surface area contributed by atoms with Crippen molar-refractivity contribution in [2.45, 2.75) is 13.3 Å². The van der Waals surface area contributed by atoms with Crippen LogP contribution < -0.4 is 4.74 Å². The third-order valence-corrected chi connectivity index (χ3v) is 9.43. The molecule has 5 aliphatic rings. The molecule has 8 nitrogen and oxygen atoms in total. The largest absolute Gasteiger partial charge is 0.423 e. The Kier molecular flexibility index (Phi) is 6.54. The zero-order chi connectivity index (χ0) is 30.0. The van der Waals surface area contributed by atoms with Crippen molar-refractivity contribution in [3.05, 3.63) is 112 Å². The van der Waals surface area contributed by atoms with E-state index in [1.165, 1.54) is 48.5 Å². The Hall–Kier alpha value is -4.56. The van der Waals surface area contributed by atoms with Gasteiger partial charge in [-0.05, 0) is 97.7 Å². The number of Topliss-reactive ketones (excluding diaryl/α,β-unsaturated/α-hetero) is 1. The van der Waals surface area contributed by atoms with Gasteiger partial charge in [-0.1, -0.05) is 41.4 Å². The maximum Gasteiger partial charge on any atom is 0.343 e. The number of hydrazine groups is 1. The van der Waals surface area contributed by atoms with Crippen LogP contribution in [0.4, 0.5) is 0 Å². The van der Waals surface area contributed by atoms with Crippen LogP contribution in [0.5, 0.6) is 5.75 Å². The van der Waals surface area contributed by atoms with Gasteiger partial charge >= 0.3 is 5.97 Å². The molecular weight excluding hydrogens is 568 g/mol. The summed E-state index contributed by atoms with van der Waals surface area (Å²) in [4.78, 5) is 67.5. The maximum absolute atomic E-state index is 13.8. The van der Waals surface area contributed by atoms with Gasteiger partial charge in [-0.25, -0.2) is 9.80 Å². The van der Waals surface area contributed by atoms with Gasteiger partial charge in [0.1, 0.15) is 12.3 Å². The second-order valence-electron chi connectivity index (χ2n) is 11.7. The first-order chi connectivity index (χ1) is 20.7. The Labute approximate surface area is 252 Å². The zero-order valence-electron chi connectivity index (χ0n) is 23.2. The van der Waals surface area contributed by atoms with Crippen LogP contribution in [-0.4, -0.2) is 46.0 Å². The molecule has 2 saturated carbocycles. The van der Waals surface area contributed by atoms with E-state index < -0.39 is 47.9 Å². The van der Waals surface area contributed by atoms with Gasteiger partial charge < -0.3 is 4.74 Å². The summed E-state index contributed by atoms with van der Waals surface area (Å²) in [5, 5.41) is 2.31. The SMILES string of the molecule is Cc1ccc(C(=O)Oc2ccc(C(=O)CN(C(=O)c3ccc(Cl)cc3)N3C(=O)[C@@H]4[C@H]5C=C[C@@H]([C@@H]6C[C@@H]56)[C@@H]4C3=O)cc2)cc1. The molecule has 1 saturated heterocycles. The second kappa shape index (κ2) is 10.3. The van der Waals surface area contributed by atoms with E-state index in [-0.39, 0.29) is 28.7 Å². The number of aryl methyl sites for hydroxylation is 1. The van der Waals surface area contributed by atoms with E-state index in [4.69, 9.17) is 16.3 Å². The molecule has 9 heteroatoms. The fourth-order valence-electron chi connectivity index (χ4n) is 6.95. The Morgan fingerprint density at radius 2 is 1.33 bits per heavy atom. The molecule has 1 aliphatic heterocycles. The van der Waals surface area contributed by atoms with Gasteiger partial charge in [0.25, 0.3) is 17.7 Å². The number of benzene rings is 3. The van der Waals surface area contributed by atoms with Gasteiger partial charge in [0.15, 0.2) is 5.78 Å². The highest BCUT2D eigenvalue weighted by atomic mass is 35.5. The smallest absolute Gasteiger partial charge is 0.343 e. The van der Waals surface area contributed by atoms with Gasteiger partial charge in [-0.15, -0.1) is 0 Å². The number of esters is 1. The Bertz CT molecular complexity index is 1660. The van der Waals surface area contributed by atoms with E-state index >= 15 is 0 Å². The van der Waals surface area contributed by atoms with E-state index in [1.54, 1.807) is 12.1 Å². The van der Waals surface area contributed by atoms with Crippen molar-refractivity contribution in [3.63, 3.8) is 0 Å².